The maximum atomic E-state index is 12.0. The zero-order valence-corrected chi connectivity index (χ0v) is 13.7. The lowest BCUT2D eigenvalue weighted by atomic mass is 10.2. The summed E-state index contributed by atoms with van der Waals surface area (Å²) in [5.74, 6) is -0.125. The molecule has 120 valence electrons. The van der Waals surface area contributed by atoms with Crippen molar-refractivity contribution in [2.75, 3.05) is 11.9 Å². The van der Waals surface area contributed by atoms with Crippen LogP contribution in [0.3, 0.4) is 0 Å². The molecule has 0 aliphatic carbocycles. The molecule has 1 amide bonds. The van der Waals surface area contributed by atoms with E-state index in [1.54, 1.807) is 35.6 Å². The Hall–Kier alpha value is -2.23. The summed E-state index contributed by atoms with van der Waals surface area (Å²) in [6.45, 7) is 0.732. The van der Waals surface area contributed by atoms with Crippen LogP contribution in [-0.2, 0) is 17.6 Å². The van der Waals surface area contributed by atoms with Crippen molar-refractivity contribution < 1.29 is 4.79 Å². The third-order valence-electron chi connectivity index (χ3n) is 3.31. The van der Waals surface area contributed by atoms with Gasteiger partial charge in [0.15, 0.2) is 0 Å². The largest absolute Gasteiger partial charge is 0.330 e. The van der Waals surface area contributed by atoms with Crippen LogP contribution in [0.15, 0.2) is 29.6 Å². The zero-order valence-electron chi connectivity index (χ0n) is 12.9. The van der Waals surface area contributed by atoms with Crippen molar-refractivity contribution >= 4 is 22.9 Å². The van der Waals surface area contributed by atoms with Crippen LogP contribution in [0.4, 0.5) is 5.69 Å². The van der Waals surface area contributed by atoms with Gasteiger partial charge in [-0.05, 0) is 44.0 Å². The van der Waals surface area contributed by atoms with Gasteiger partial charge in [-0.15, -0.1) is 11.3 Å². The fraction of sp³-hybridized carbons (Fsp3) is 0.353. The lowest BCUT2D eigenvalue weighted by Crippen LogP contribution is -2.14. The molecule has 0 unspecified atom stereocenters. The molecule has 0 fully saturated rings. The topological polar surface area (TPSA) is 91.8 Å². The van der Waals surface area contributed by atoms with Crippen LogP contribution in [-0.4, -0.2) is 17.4 Å². The van der Waals surface area contributed by atoms with Crippen molar-refractivity contribution in [2.24, 2.45) is 5.73 Å². The number of thiazole rings is 1. The van der Waals surface area contributed by atoms with Gasteiger partial charge in [-0.1, -0.05) is 12.5 Å². The molecule has 5 nitrogen and oxygen atoms in total. The Morgan fingerprint density at radius 1 is 1.35 bits per heavy atom. The Morgan fingerprint density at radius 2 is 2.22 bits per heavy atom. The minimum atomic E-state index is -0.125. The molecular weight excluding hydrogens is 308 g/mol. The molecule has 0 saturated heterocycles. The van der Waals surface area contributed by atoms with E-state index in [0.29, 0.717) is 11.3 Å². The Morgan fingerprint density at radius 3 is 3.00 bits per heavy atom. The average molecular weight is 328 g/mol. The first-order chi connectivity index (χ1) is 11.2. The maximum Gasteiger partial charge on any atom is 0.230 e. The first kappa shape index (κ1) is 17.1. The number of carbonyl (C=O) groups is 1. The number of amides is 1. The first-order valence-corrected chi connectivity index (χ1v) is 8.52. The SMILES string of the molecule is N#Cc1cccc(NC(=O)Cc2csc(CCCCCN)n2)c1. The van der Waals surface area contributed by atoms with Gasteiger partial charge in [0.1, 0.15) is 0 Å². The second-order valence-corrected chi connectivity index (χ2v) is 6.19. The van der Waals surface area contributed by atoms with Gasteiger partial charge in [-0.2, -0.15) is 5.26 Å². The van der Waals surface area contributed by atoms with Gasteiger partial charge in [-0.25, -0.2) is 4.98 Å². The molecule has 1 aromatic carbocycles. The molecule has 0 saturated carbocycles. The van der Waals surface area contributed by atoms with Crippen LogP contribution in [0.2, 0.25) is 0 Å². The van der Waals surface area contributed by atoms with E-state index in [2.05, 4.69) is 16.4 Å². The predicted molar refractivity (Wildman–Crippen MR) is 92.2 cm³/mol. The number of carbonyl (C=O) groups excluding carboxylic acids is 1. The van der Waals surface area contributed by atoms with Crippen LogP contribution in [0.5, 0.6) is 0 Å². The summed E-state index contributed by atoms with van der Waals surface area (Å²) in [7, 11) is 0. The molecule has 6 heteroatoms. The molecule has 3 N–H and O–H groups in total. The van der Waals surface area contributed by atoms with E-state index in [4.69, 9.17) is 11.0 Å². The average Bonchev–Trinajstić information content (AvgIpc) is 2.99. The molecule has 2 aromatic rings. The minimum absolute atomic E-state index is 0.125. The minimum Gasteiger partial charge on any atom is -0.330 e. The van der Waals surface area contributed by atoms with Gasteiger partial charge in [-0.3, -0.25) is 4.79 Å². The number of unbranched alkanes of at least 4 members (excludes halogenated alkanes) is 2. The monoisotopic (exact) mass is 328 g/mol. The summed E-state index contributed by atoms with van der Waals surface area (Å²) in [5, 5.41) is 14.7. The second-order valence-electron chi connectivity index (χ2n) is 5.25. The molecule has 0 aliphatic rings. The van der Waals surface area contributed by atoms with Gasteiger partial charge in [0, 0.05) is 11.1 Å². The highest BCUT2D eigenvalue weighted by Crippen LogP contribution is 2.15. The number of aryl methyl sites for hydroxylation is 1. The number of nitriles is 1. The number of nitrogens with two attached hydrogens (primary N) is 1. The summed E-state index contributed by atoms with van der Waals surface area (Å²) in [5.41, 5.74) is 7.42. The van der Waals surface area contributed by atoms with Crippen molar-refractivity contribution in [3.8, 4) is 6.07 Å². The van der Waals surface area contributed by atoms with E-state index in [9.17, 15) is 4.79 Å². The number of anilines is 1. The molecular formula is C17H20N4OS. The molecule has 0 bridgehead atoms. The molecule has 0 aliphatic heterocycles. The lowest BCUT2D eigenvalue weighted by Gasteiger charge is -2.04. The molecule has 0 atom stereocenters. The highest BCUT2D eigenvalue weighted by molar-refractivity contribution is 7.09. The summed E-state index contributed by atoms with van der Waals surface area (Å²) < 4.78 is 0. The number of rotatable bonds is 8. The smallest absolute Gasteiger partial charge is 0.230 e. The number of nitrogens with one attached hydrogen (secondary N) is 1. The van der Waals surface area contributed by atoms with Crippen molar-refractivity contribution in [1.29, 1.82) is 5.26 Å². The lowest BCUT2D eigenvalue weighted by molar-refractivity contribution is -0.115. The van der Waals surface area contributed by atoms with Gasteiger partial charge in [0.05, 0.1) is 28.8 Å². The summed E-state index contributed by atoms with van der Waals surface area (Å²) >= 11 is 1.60. The molecule has 0 spiro atoms. The van der Waals surface area contributed by atoms with E-state index in [-0.39, 0.29) is 12.3 Å². The van der Waals surface area contributed by atoms with Crippen LogP contribution in [0, 0.1) is 11.3 Å². The Kier molecular flexibility index (Phi) is 6.73. The Bertz CT molecular complexity index is 690. The van der Waals surface area contributed by atoms with E-state index < -0.39 is 0 Å². The van der Waals surface area contributed by atoms with Gasteiger partial charge >= 0.3 is 0 Å². The Labute approximate surface area is 140 Å². The summed E-state index contributed by atoms with van der Waals surface area (Å²) in [4.78, 5) is 16.5. The van der Waals surface area contributed by atoms with Crippen LogP contribution >= 0.6 is 11.3 Å². The highest BCUT2D eigenvalue weighted by Gasteiger charge is 2.08. The second kappa shape index (κ2) is 9.03. The normalized spacial score (nSPS) is 10.3. The van der Waals surface area contributed by atoms with Gasteiger partial charge in [0.2, 0.25) is 5.91 Å². The summed E-state index contributed by atoms with van der Waals surface area (Å²) in [6.07, 6.45) is 4.42. The van der Waals surface area contributed by atoms with Crippen molar-refractivity contribution in [3.05, 3.63) is 45.9 Å². The molecule has 23 heavy (non-hydrogen) atoms. The van der Waals surface area contributed by atoms with E-state index in [1.165, 1.54) is 0 Å². The number of aromatic nitrogens is 1. The zero-order chi connectivity index (χ0) is 16.5. The number of hydrogen-bond acceptors (Lipinski definition) is 5. The third-order valence-corrected chi connectivity index (χ3v) is 4.27. The quantitative estimate of drug-likeness (QED) is 0.729. The van der Waals surface area contributed by atoms with Gasteiger partial charge < -0.3 is 11.1 Å². The fourth-order valence-electron chi connectivity index (χ4n) is 2.18. The van der Waals surface area contributed by atoms with Crippen LogP contribution in [0.25, 0.3) is 0 Å². The molecule has 1 heterocycles. The van der Waals surface area contributed by atoms with Crippen molar-refractivity contribution in [1.82, 2.24) is 4.98 Å². The number of hydrogen-bond donors (Lipinski definition) is 2. The van der Waals surface area contributed by atoms with Crippen LogP contribution < -0.4 is 11.1 Å². The standard InChI is InChI=1S/C17H20N4OS/c18-8-3-1-2-7-17-21-15(12-23-17)10-16(22)20-14-6-4-5-13(9-14)11-19/h4-6,9,12H,1-3,7-8,10,18H2,(H,20,22). The third kappa shape index (κ3) is 5.81. The van der Waals surface area contributed by atoms with Crippen molar-refractivity contribution in [3.63, 3.8) is 0 Å². The predicted octanol–water partition coefficient (Wildman–Crippen LogP) is 2.87. The van der Waals surface area contributed by atoms with Crippen LogP contribution in [0.1, 0.15) is 35.5 Å². The van der Waals surface area contributed by atoms with E-state index in [0.717, 1.165) is 42.9 Å². The van der Waals surface area contributed by atoms with Crippen molar-refractivity contribution in [2.45, 2.75) is 32.1 Å². The number of benzene rings is 1. The van der Waals surface area contributed by atoms with E-state index in [1.807, 2.05) is 5.38 Å². The first-order valence-electron chi connectivity index (χ1n) is 7.64. The Balaban J connectivity index is 1.83. The fourth-order valence-corrected chi connectivity index (χ4v) is 3.02. The molecule has 1 aromatic heterocycles. The summed E-state index contributed by atoms with van der Waals surface area (Å²) in [6, 6.07) is 8.92. The van der Waals surface area contributed by atoms with Gasteiger partial charge in [0.25, 0.3) is 0 Å². The maximum absolute atomic E-state index is 12.0. The molecule has 2 rings (SSSR count). The van der Waals surface area contributed by atoms with E-state index >= 15 is 0 Å². The number of nitrogens with zero attached hydrogens (tertiary/aromatic N) is 2. The molecule has 0 radical (unpaired) electrons. The highest BCUT2D eigenvalue weighted by atomic mass is 32.1.